The number of methoxy groups -OCH3 is 1. The number of aliphatic hydroxyl groups is 1. The van der Waals surface area contributed by atoms with Crippen LogP contribution in [-0.2, 0) is 15.3 Å². The Hall–Kier alpha value is -4.06. The number of thioether (sulfide) groups is 1. The van der Waals surface area contributed by atoms with Crippen molar-refractivity contribution in [3.63, 3.8) is 0 Å². The Morgan fingerprint density at radius 3 is 2.43 bits per heavy atom. The molecule has 240 valence electrons. The van der Waals surface area contributed by atoms with Crippen molar-refractivity contribution in [1.29, 1.82) is 0 Å². The third-order valence-corrected chi connectivity index (χ3v) is 9.60. The molecule has 1 atom stereocenters. The van der Waals surface area contributed by atoms with Gasteiger partial charge in [0.1, 0.15) is 11.5 Å². The zero-order valence-corrected chi connectivity index (χ0v) is 28.2. The summed E-state index contributed by atoms with van der Waals surface area (Å²) in [7, 11) is 1.54. The number of hydrogen-bond donors (Lipinski definition) is 1. The van der Waals surface area contributed by atoms with Gasteiger partial charge in [-0.1, -0.05) is 66.7 Å². The average molecular weight is 680 g/mol. The van der Waals surface area contributed by atoms with Gasteiger partial charge < -0.3 is 19.3 Å². The highest BCUT2D eigenvalue weighted by Gasteiger charge is 2.48. The van der Waals surface area contributed by atoms with Crippen LogP contribution in [0.25, 0.3) is 5.76 Å². The molecule has 1 saturated heterocycles. The Labute approximate surface area is 281 Å². The molecule has 5 rings (SSSR count). The van der Waals surface area contributed by atoms with E-state index >= 15 is 0 Å². The predicted octanol–water partition coefficient (Wildman–Crippen LogP) is 7.94. The molecule has 0 aliphatic carbocycles. The Morgan fingerprint density at radius 2 is 1.76 bits per heavy atom. The fourth-order valence-corrected chi connectivity index (χ4v) is 6.77. The van der Waals surface area contributed by atoms with E-state index in [1.54, 1.807) is 42.5 Å². The predicted molar refractivity (Wildman–Crippen MR) is 181 cm³/mol. The number of anilines is 1. The van der Waals surface area contributed by atoms with Crippen molar-refractivity contribution < 1.29 is 28.9 Å². The van der Waals surface area contributed by atoms with Gasteiger partial charge in [-0.3, -0.25) is 14.5 Å². The molecule has 0 spiro atoms. The van der Waals surface area contributed by atoms with E-state index in [4.69, 9.17) is 25.8 Å². The molecular formula is C34H34ClN3O6S2. The lowest BCUT2D eigenvalue weighted by Crippen LogP contribution is -2.29. The van der Waals surface area contributed by atoms with Crippen molar-refractivity contribution in [2.45, 2.75) is 43.3 Å². The quantitative estimate of drug-likeness (QED) is 0.0495. The van der Waals surface area contributed by atoms with Crippen LogP contribution < -0.4 is 19.1 Å². The Kier molecular flexibility index (Phi) is 10.9. The van der Waals surface area contributed by atoms with Crippen LogP contribution in [0.1, 0.15) is 49.9 Å². The van der Waals surface area contributed by atoms with Crippen LogP contribution in [0.2, 0.25) is 5.02 Å². The molecule has 0 saturated carbocycles. The zero-order chi connectivity index (χ0) is 32.8. The van der Waals surface area contributed by atoms with Crippen LogP contribution in [-0.4, -0.2) is 47.3 Å². The third kappa shape index (κ3) is 7.49. The van der Waals surface area contributed by atoms with Crippen molar-refractivity contribution in [2.24, 2.45) is 5.92 Å². The number of hydrogen-bond acceptors (Lipinski definition) is 10. The number of benzene rings is 3. The standard InChI is InChI=1S/C34H34ClN3O6S2/c1-5-43-27-18-23(10-15-26(27)44-17-16-20(2)3)29-28(30(39)22-8-13-25(42-4)14-9-22)31(40)32(41)38(29)33-36-37-34(46-33)45-19-21-6-11-24(35)12-7-21/h6-15,18,20,29,39H,5,16-17,19H2,1-4H3/b30-28+. The van der Waals surface area contributed by atoms with Gasteiger partial charge in [-0.2, -0.15) is 0 Å². The minimum atomic E-state index is -1.01. The first-order chi connectivity index (χ1) is 22.2. The highest BCUT2D eigenvalue weighted by Crippen LogP contribution is 2.46. The van der Waals surface area contributed by atoms with E-state index in [0.29, 0.717) is 62.6 Å². The molecule has 0 radical (unpaired) electrons. The number of amides is 1. The molecule has 1 aromatic heterocycles. The number of carbonyl (C=O) groups is 2. The van der Waals surface area contributed by atoms with Gasteiger partial charge in [-0.15, -0.1) is 10.2 Å². The first kappa shape index (κ1) is 33.3. The van der Waals surface area contributed by atoms with Gasteiger partial charge in [0.25, 0.3) is 5.78 Å². The lowest BCUT2D eigenvalue weighted by Gasteiger charge is -2.24. The zero-order valence-electron chi connectivity index (χ0n) is 25.9. The first-order valence-corrected chi connectivity index (χ1v) is 16.9. The molecule has 1 aliphatic heterocycles. The van der Waals surface area contributed by atoms with E-state index in [2.05, 4.69) is 24.0 Å². The van der Waals surface area contributed by atoms with Crippen molar-refractivity contribution in [1.82, 2.24) is 10.2 Å². The van der Waals surface area contributed by atoms with Crippen LogP contribution in [0, 0.1) is 5.92 Å². The molecular weight excluding hydrogens is 646 g/mol. The number of aromatic nitrogens is 2. The maximum absolute atomic E-state index is 13.7. The Morgan fingerprint density at radius 1 is 1.02 bits per heavy atom. The molecule has 1 amide bonds. The first-order valence-electron chi connectivity index (χ1n) is 14.8. The summed E-state index contributed by atoms with van der Waals surface area (Å²) in [6, 6.07) is 18.4. The van der Waals surface area contributed by atoms with Crippen LogP contribution in [0.15, 0.2) is 76.6 Å². The fraction of sp³-hybridized carbons (Fsp3) is 0.294. The number of ketones is 1. The van der Waals surface area contributed by atoms with E-state index < -0.39 is 17.7 Å². The molecule has 1 fully saturated rings. The van der Waals surface area contributed by atoms with Crippen LogP contribution in [0.4, 0.5) is 5.13 Å². The van der Waals surface area contributed by atoms with Crippen molar-refractivity contribution in [3.05, 3.63) is 94.0 Å². The highest BCUT2D eigenvalue weighted by atomic mass is 35.5. The maximum atomic E-state index is 13.7. The maximum Gasteiger partial charge on any atom is 0.301 e. The largest absolute Gasteiger partial charge is 0.507 e. The fourth-order valence-electron chi connectivity index (χ4n) is 4.82. The molecule has 4 aromatic rings. The van der Waals surface area contributed by atoms with E-state index in [-0.39, 0.29) is 16.5 Å². The molecule has 2 heterocycles. The minimum Gasteiger partial charge on any atom is -0.507 e. The van der Waals surface area contributed by atoms with Gasteiger partial charge in [0, 0.05) is 16.3 Å². The number of halogens is 1. The molecule has 1 N–H and O–H groups in total. The van der Waals surface area contributed by atoms with Gasteiger partial charge in [-0.05, 0) is 78.9 Å². The number of carbonyl (C=O) groups excluding carboxylic acids is 2. The number of rotatable bonds is 13. The number of ether oxygens (including phenoxy) is 3. The lowest BCUT2D eigenvalue weighted by molar-refractivity contribution is -0.132. The lowest BCUT2D eigenvalue weighted by atomic mass is 9.95. The third-order valence-electron chi connectivity index (χ3n) is 7.22. The summed E-state index contributed by atoms with van der Waals surface area (Å²) in [6.07, 6.45) is 0.866. The Balaban J connectivity index is 1.55. The molecule has 0 bridgehead atoms. The van der Waals surface area contributed by atoms with Crippen LogP contribution in [0.5, 0.6) is 17.2 Å². The van der Waals surface area contributed by atoms with E-state index in [9.17, 15) is 14.7 Å². The van der Waals surface area contributed by atoms with Gasteiger partial charge in [0.2, 0.25) is 5.13 Å². The van der Waals surface area contributed by atoms with Gasteiger partial charge >= 0.3 is 5.91 Å². The second-order valence-corrected chi connectivity index (χ2v) is 13.4. The summed E-state index contributed by atoms with van der Waals surface area (Å²) in [5, 5.41) is 21.0. The van der Waals surface area contributed by atoms with E-state index in [1.807, 2.05) is 31.2 Å². The molecule has 12 heteroatoms. The van der Waals surface area contributed by atoms with Gasteiger partial charge in [0.15, 0.2) is 15.8 Å². The summed E-state index contributed by atoms with van der Waals surface area (Å²) in [4.78, 5) is 28.7. The van der Waals surface area contributed by atoms with E-state index in [1.165, 1.54) is 35.1 Å². The normalized spacial score (nSPS) is 15.9. The summed E-state index contributed by atoms with van der Waals surface area (Å²) >= 11 is 8.67. The van der Waals surface area contributed by atoms with Crippen molar-refractivity contribution in [3.8, 4) is 17.2 Å². The Bertz CT molecular complexity index is 1720. The number of nitrogens with zero attached hydrogens (tertiary/aromatic N) is 3. The number of aliphatic hydroxyl groups excluding tert-OH is 1. The van der Waals surface area contributed by atoms with Crippen molar-refractivity contribution >= 4 is 57.3 Å². The monoisotopic (exact) mass is 679 g/mol. The van der Waals surface area contributed by atoms with Crippen LogP contribution in [0.3, 0.4) is 0 Å². The van der Waals surface area contributed by atoms with Crippen molar-refractivity contribution in [2.75, 3.05) is 25.2 Å². The summed E-state index contributed by atoms with van der Waals surface area (Å²) in [5.74, 6) is 0.714. The molecule has 3 aromatic carbocycles. The highest BCUT2D eigenvalue weighted by molar-refractivity contribution is 8.00. The topological polar surface area (TPSA) is 111 Å². The number of Topliss-reactive ketones (excluding diaryl/α,β-unsaturated/α-hetero) is 1. The second-order valence-electron chi connectivity index (χ2n) is 10.8. The smallest absolute Gasteiger partial charge is 0.301 e. The average Bonchev–Trinajstić information content (AvgIpc) is 3.62. The summed E-state index contributed by atoms with van der Waals surface area (Å²) < 4.78 is 17.8. The van der Waals surface area contributed by atoms with E-state index in [0.717, 1.165) is 12.0 Å². The van der Waals surface area contributed by atoms with Crippen LogP contribution >= 0.6 is 34.7 Å². The van der Waals surface area contributed by atoms with Gasteiger partial charge in [-0.25, -0.2) is 0 Å². The molecule has 1 aliphatic rings. The summed E-state index contributed by atoms with van der Waals surface area (Å²) in [6.45, 7) is 6.99. The SMILES string of the molecule is CCOc1cc(C2/C(=C(\O)c3ccc(OC)cc3)C(=O)C(=O)N2c2nnc(SCc3ccc(Cl)cc3)s2)ccc1OCCC(C)C. The molecule has 1 unspecified atom stereocenters. The summed E-state index contributed by atoms with van der Waals surface area (Å²) in [5.41, 5.74) is 1.88. The molecule has 9 nitrogen and oxygen atoms in total. The molecule has 46 heavy (non-hydrogen) atoms. The minimum absolute atomic E-state index is 0.0725. The van der Waals surface area contributed by atoms with Gasteiger partial charge in [0.05, 0.1) is 31.9 Å². The second kappa shape index (κ2) is 15.0.